The minimum Gasteiger partial charge on any atom is -0.384 e. The van der Waals surface area contributed by atoms with Crippen LogP contribution in [-0.4, -0.2) is 13.7 Å². The summed E-state index contributed by atoms with van der Waals surface area (Å²) in [4.78, 5) is 0. The molecule has 1 aromatic rings. The van der Waals surface area contributed by atoms with Crippen LogP contribution in [0.3, 0.4) is 0 Å². The van der Waals surface area contributed by atoms with Gasteiger partial charge < -0.3 is 10.5 Å². The lowest BCUT2D eigenvalue weighted by molar-refractivity contribution is 0.121. The Kier molecular flexibility index (Phi) is 3.89. The molecular weight excluding hydrogens is 186 g/mol. The molecule has 0 spiro atoms. The number of nitrogens with two attached hydrogens (primary N) is 1. The third-order valence-electron chi connectivity index (χ3n) is 3.11. The van der Waals surface area contributed by atoms with E-state index in [9.17, 15) is 0 Å². The minimum atomic E-state index is -0.330. The maximum absolute atomic E-state index is 6.34. The summed E-state index contributed by atoms with van der Waals surface area (Å²) in [6.07, 6.45) is 0. The monoisotopic (exact) mass is 207 g/mol. The van der Waals surface area contributed by atoms with E-state index in [1.54, 1.807) is 7.11 Å². The smallest absolute Gasteiger partial charge is 0.0508 e. The average Bonchev–Trinajstić information content (AvgIpc) is 2.18. The summed E-state index contributed by atoms with van der Waals surface area (Å²) >= 11 is 0. The van der Waals surface area contributed by atoms with Gasteiger partial charge in [-0.2, -0.15) is 0 Å². The molecule has 0 bridgehead atoms. The van der Waals surface area contributed by atoms with Gasteiger partial charge in [0.2, 0.25) is 0 Å². The second kappa shape index (κ2) is 4.77. The quantitative estimate of drug-likeness (QED) is 0.823. The lowest BCUT2D eigenvalue weighted by atomic mass is 9.82. The van der Waals surface area contributed by atoms with Gasteiger partial charge in [-0.15, -0.1) is 0 Å². The van der Waals surface area contributed by atoms with E-state index in [1.165, 1.54) is 5.56 Å². The van der Waals surface area contributed by atoms with E-state index < -0.39 is 0 Å². The Balaban J connectivity index is 2.89. The summed E-state index contributed by atoms with van der Waals surface area (Å²) in [5.74, 6) is 0.296. The third kappa shape index (κ3) is 2.80. The van der Waals surface area contributed by atoms with E-state index in [-0.39, 0.29) is 5.54 Å². The van der Waals surface area contributed by atoms with E-state index in [0.29, 0.717) is 12.5 Å². The van der Waals surface area contributed by atoms with Crippen molar-refractivity contribution in [3.05, 3.63) is 35.4 Å². The molecule has 2 heteroatoms. The van der Waals surface area contributed by atoms with Crippen LogP contribution >= 0.6 is 0 Å². The molecule has 1 aromatic carbocycles. The molecule has 0 aliphatic rings. The lowest BCUT2D eigenvalue weighted by Crippen LogP contribution is -2.41. The zero-order valence-corrected chi connectivity index (χ0v) is 10.1. The summed E-state index contributed by atoms with van der Waals surface area (Å²) < 4.78 is 5.16. The Labute approximate surface area is 92.4 Å². The van der Waals surface area contributed by atoms with E-state index in [2.05, 4.69) is 45.0 Å². The molecule has 2 N–H and O–H groups in total. The molecule has 0 saturated carbocycles. The fourth-order valence-electron chi connectivity index (χ4n) is 1.62. The molecule has 2 nitrogen and oxygen atoms in total. The van der Waals surface area contributed by atoms with Crippen LogP contribution in [0.5, 0.6) is 0 Å². The van der Waals surface area contributed by atoms with E-state index in [4.69, 9.17) is 10.5 Å². The molecule has 15 heavy (non-hydrogen) atoms. The third-order valence-corrected chi connectivity index (χ3v) is 3.11. The molecule has 0 aliphatic heterocycles. The number of methoxy groups -OCH3 is 1. The van der Waals surface area contributed by atoms with Crippen LogP contribution in [0.1, 0.15) is 25.0 Å². The standard InChI is InChI=1S/C13H21NO/c1-10-5-7-12(8-6-10)13(3,14)11(2)9-15-4/h5-8,11H,9,14H2,1-4H3. The predicted molar refractivity (Wildman–Crippen MR) is 63.8 cm³/mol. The first-order chi connectivity index (χ1) is 6.98. The Bertz CT molecular complexity index is 303. The number of ether oxygens (including phenoxy) is 1. The molecule has 0 aliphatic carbocycles. The van der Waals surface area contributed by atoms with Gasteiger partial charge in [-0.3, -0.25) is 0 Å². The van der Waals surface area contributed by atoms with Crippen molar-refractivity contribution in [3.8, 4) is 0 Å². The summed E-state index contributed by atoms with van der Waals surface area (Å²) in [7, 11) is 1.71. The van der Waals surface area contributed by atoms with Crippen molar-refractivity contribution in [3.63, 3.8) is 0 Å². The molecular formula is C13H21NO. The zero-order chi connectivity index (χ0) is 11.5. The highest BCUT2D eigenvalue weighted by Crippen LogP contribution is 2.26. The molecule has 84 valence electrons. The Morgan fingerprint density at radius 3 is 2.33 bits per heavy atom. The summed E-state index contributed by atoms with van der Waals surface area (Å²) in [5.41, 5.74) is 8.43. The van der Waals surface area contributed by atoms with Crippen LogP contribution in [0.15, 0.2) is 24.3 Å². The zero-order valence-electron chi connectivity index (χ0n) is 10.1. The Morgan fingerprint density at radius 1 is 1.33 bits per heavy atom. The van der Waals surface area contributed by atoms with E-state index >= 15 is 0 Å². The highest BCUT2D eigenvalue weighted by atomic mass is 16.5. The van der Waals surface area contributed by atoms with Gasteiger partial charge in [-0.05, 0) is 19.4 Å². The maximum atomic E-state index is 6.34. The average molecular weight is 207 g/mol. The van der Waals surface area contributed by atoms with Crippen LogP contribution in [0, 0.1) is 12.8 Å². The van der Waals surface area contributed by atoms with Crippen molar-refractivity contribution < 1.29 is 4.74 Å². The topological polar surface area (TPSA) is 35.2 Å². The van der Waals surface area contributed by atoms with E-state index in [1.807, 2.05) is 0 Å². The predicted octanol–water partition coefficient (Wildman–Crippen LogP) is 2.45. The fourth-order valence-corrected chi connectivity index (χ4v) is 1.62. The van der Waals surface area contributed by atoms with Crippen LogP contribution < -0.4 is 5.73 Å². The normalized spacial score (nSPS) is 17.1. The van der Waals surface area contributed by atoms with Crippen molar-refractivity contribution in [1.82, 2.24) is 0 Å². The van der Waals surface area contributed by atoms with Crippen molar-refractivity contribution in [2.75, 3.05) is 13.7 Å². The number of rotatable bonds is 4. The lowest BCUT2D eigenvalue weighted by Gasteiger charge is -2.32. The van der Waals surface area contributed by atoms with Crippen molar-refractivity contribution in [1.29, 1.82) is 0 Å². The molecule has 0 radical (unpaired) electrons. The molecule has 0 amide bonds. The molecule has 0 saturated heterocycles. The highest BCUT2D eigenvalue weighted by molar-refractivity contribution is 5.27. The molecule has 2 atom stereocenters. The summed E-state index contributed by atoms with van der Waals surface area (Å²) in [6.45, 7) is 6.93. The minimum absolute atomic E-state index is 0.296. The first kappa shape index (κ1) is 12.2. The summed E-state index contributed by atoms with van der Waals surface area (Å²) in [5, 5.41) is 0. The van der Waals surface area contributed by atoms with Crippen LogP contribution in [0.2, 0.25) is 0 Å². The van der Waals surface area contributed by atoms with Gasteiger partial charge in [0.1, 0.15) is 0 Å². The molecule has 1 rings (SSSR count). The molecule has 0 heterocycles. The molecule has 0 fully saturated rings. The van der Waals surface area contributed by atoms with Crippen molar-refractivity contribution in [2.45, 2.75) is 26.3 Å². The Hall–Kier alpha value is -0.860. The Morgan fingerprint density at radius 2 is 1.87 bits per heavy atom. The largest absolute Gasteiger partial charge is 0.384 e. The van der Waals surface area contributed by atoms with Gasteiger partial charge in [0.05, 0.1) is 6.61 Å². The van der Waals surface area contributed by atoms with Gasteiger partial charge in [-0.1, -0.05) is 36.8 Å². The summed E-state index contributed by atoms with van der Waals surface area (Å²) in [6, 6.07) is 8.39. The molecule has 0 aromatic heterocycles. The van der Waals surface area contributed by atoms with E-state index in [0.717, 1.165) is 5.56 Å². The first-order valence-electron chi connectivity index (χ1n) is 5.33. The first-order valence-corrected chi connectivity index (χ1v) is 5.33. The van der Waals surface area contributed by atoms with Crippen LogP contribution in [-0.2, 0) is 10.3 Å². The van der Waals surface area contributed by atoms with Gasteiger partial charge >= 0.3 is 0 Å². The van der Waals surface area contributed by atoms with Crippen LogP contribution in [0.25, 0.3) is 0 Å². The maximum Gasteiger partial charge on any atom is 0.0508 e. The number of hydrogen-bond acceptors (Lipinski definition) is 2. The highest BCUT2D eigenvalue weighted by Gasteiger charge is 2.28. The number of aryl methyl sites for hydroxylation is 1. The second-order valence-corrected chi connectivity index (χ2v) is 4.51. The SMILES string of the molecule is COCC(C)C(C)(N)c1ccc(C)cc1. The van der Waals surface area contributed by atoms with Crippen molar-refractivity contribution >= 4 is 0 Å². The second-order valence-electron chi connectivity index (χ2n) is 4.51. The van der Waals surface area contributed by atoms with Crippen molar-refractivity contribution in [2.24, 2.45) is 11.7 Å². The fraction of sp³-hybridized carbons (Fsp3) is 0.538. The van der Waals surface area contributed by atoms with Gasteiger partial charge in [0.25, 0.3) is 0 Å². The number of hydrogen-bond donors (Lipinski definition) is 1. The number of benzene rings is 1. The van der Waals surface area contributed by atoms with Gasteiger partial charge in [-0.25, -0.2) is 0 Å². The van der Waals surface area contributed by atoms with Gasteiger partial charge in [0.15, 0.2) is 0 Å². The van der Waals surface area contributed by atoms with Crippen LogP contribution in [0.4, 0.5) is 0 Å². The molecule has 2 unspecified atom stereocenters. The van der Waals surface area contributed by atoms with Gasteiger partial charge in [0, 0.05) is 18.6 Å².